The van der Waals surface area contributed by atoms with Crippen molar-refractivity contribution in [1.29, 1.82) is 0 Å². The Hall–Kier alpha value is -1.06. The number of piperidine rings is 1. The molecule has 2 N–H and O–H groups in total. The van der Waals surface area contributed by atoms with Gasteiger partial charge in [-0.15, -0.1) is 0 Å². The minimum atomic E-state index is 0.701. The molecule has 2 saturated heterocycles. The minimum Gasteiger partial charge on any atom is -0.384 e. The first-order chi connectivity index (χ1) is 9.92. The lowest BCUT2D eigenvalue weighted by Crippen LogP contribution is -2.44. The number of hydrogen-bond acceptors (Lipinski definition) is 3. The molecule has 2 fully saturated rings. The third-order valence-corrected chi connectivity index (χ3v) is 5.34. The molecule has 3 heteroatoms. The van der Waals surface area contributed by atoms with Crippen molar-refractivity contribution in [2.75, 3.05) is 25.0 Å². The summed E-state index contributed by atoms with van der Waals surface area (Å²) in [4.78, 5) is 2.70. The van der Waals surface area contributed by atoms with Crippen LogP contribution < -0.4 is 10.6 Å². The van der Waals surface area contributed by atoms with Crippen LogP contribution in [0, 0.1) is 0 Å². The molecule has 0 amide bonds. The highest BCUT2D eigenvalue weighted by Gasteiger charge is 2.35. The number of nitrogens with zero attached hydrogens (tertiary/aromatic N) is 1. The highest BCUT2D eigenvalue weighted by molar-refractivity contribution is 5.61. The maximum atomic E-state index is 3.85. The SMILES string of the molecule is c1cc2c(c(CNC3CCN4CCCCC34)c1)NCC2. The molecule has 0 bridgehead atoms. The van der Waals surface area contributed by atoms with Crippen molar-refractivity contribution in [2.24, 2.45) is 0 Å². The summed E-state index contributed by atoms with van der Waals surface area (Å²) in [5.41, 5.74) is 4.35. The Balaban J connectivity index is 1.42. The summed E-state index contributed by atoms with van der Waals surface area (Å²) in [6, 6.07) is 8.25. The van der Waals surface area contributed by atoms with E-state index in [-0.39, 0.29) is 0 Å². The lowest BCUT2D eigenvalue weighted by Gasteiger charge is -2.32. The van der Waals surface area contributed by atoms with Gasteiger partial charge in [-0.25, -0.2) is 0 Å². The minimum absolute atomic E-state index is 0.701. The fourth-order valence-electron chi connectivity index (χ4n) is 4.28. The molecule has 3 heterocycles. The van der Waals surface area contributed by atoms with Gasteiger partial charge >= 0.3 is 0 Å². The van der Waals surface area contributed by atoms with Gasteiger partial charge in [-0.1, -0.05) is 24.6 Å². The lowest BCUT2D eigenvalue weighted by atomic mass is 9.98. The Kier molecular flexibility index (Phi) is 3.41. The smallest absolute Gasteiger partial charge is 0.0419 e. The molecule has 2 unspecified atom stereocenters. The largest absolute Gasteiger partial charge is 0.384 e. The van der Waals surface area contributed by atoms with E-state index in [2.05, 4.69) is 33.7 Å². The number of nitrogens with one attached hydrogen (secondary N) is 2. The number of anilines is 1. The van der Waals surface area contributed by atoms with Gasteiger partial charge in [0.1, 0.15) is 0 Å². The number of para-hydroxylation sites is 1. The molecule has 0 aliphatic carbocycles. The zero-order valence-corrected chi connectivity index (χ0v) is 12.2. The van der Waals surface area contributed by atoms with Crippen LogP contribution in [0.5, 0.6) is 0 Å². The van der Waals surface area contributed by atoms with Crippen LogP contribution in [0.4, 0.5) is 5.69 Å². The molecule has 0 radical (unpaired) electrons. The van der Waals surface area contributed by atoms with Crippen LogP contribution >= 0.6 is 0 Å². The standard InChI is InChI=1S/C17H25N3/c1-2-10-20-11-8-15(16(20)6-1)19-12-14-5-3-4-13-7-9-18-17(13)14/h3-5,15-16,18-19H,1-2,6-12H2. The Labute approximate surface area is 121 Å². The van der Waals surface area contributed by atoms with Crippen LogP contribution in [-0.4, -0.2) is 36.6 Å². The van der Waals surface area contributed by atoms with E-state index in [4.69, 9.17) is 0 Å². The third-order valence-electron chi connectivity index (χ3n) is 5.34. The zero-order valence-electron chi connectivity index (χ0n) is 12.2. The number of hydrogen-bond donors (Lipinski definition) is 2. The van der Waals surface area contributed by atoms with Crippen molar-refractivity contribution in [1.82, 2.24) is 10.2 Å². The topological polar surface area (TPSA) is 27.3 Å². The zero-order chi connectivity index (χ0) is 13.4. The summed E-state index contributed by atoms with van der Waals surface area (Å²) in [7, 11) is 0. The highest BCUT2D eigenvalue weighted by atomic mass is 15.2. The summed E-state index contributed by atoms with van der Waals surface area (Å²) >= 11 is 0. The van der Waals surface area contributed by atoms with Crippen LogP contribution in [0.1, 0.15) is 36.8 Å². The fraction of sp³-hybridized carbons (Fsp3) is 0.647. The molecule has 20 heavy (non-hydrogen) atoms. The molecule has 2 atom stereocenters. The Bertz CT molecular complexity index is 485. The van der Waals surface area contributed by atoms with E-state index in [1.165, 1.54) is 62.0 Å². The lowest BCUT2D eigenvalue weighted by molar-refractivity contribution is 0.180. The van der Waals surface area contributed by atoms with E-state index in [1.807, 2.05) is 0 Å². The predicted octanol–water partition coefficient (Wildman–Crippen LogP) is 2.37. The first kappa shape index (κ1) is 12.7. The van der Waals surface area contributed by atoms with Crippen LogP contribution in [0.25, 0.3) is 0 Å². The Morgan fingerprint density at radius 1 is 1.20 bits per heavy atom. The van der Waals surface area contributed by atoms with Gasteiger partial charge in [-0.2, -0.15) is 0 Å². The number of fused-ring (bicyclic) bond motifs is 2. The normalized spacial score (nSPS) is 29.0. The quantitative estimate of drug-likeness (QED) is 0.884. The van der Waals surface area contributed by atoms with Gasteiger partial charge in [0.25, 0.3) is 0 Å². The molecule has 4 rings (SSSR count). The first-order valence-corrected chi connectivity index (χ1v) is 8.24. The monoisotopic (exact) mass is 271 g/mol. The molecule has 0 aromatic heterocycles. The van der Waals surface area contributed by atoms with Crippen LogP contribution in [0.15, 0.2) is 18.2 Å². The summed E-state index contributed by atoms with van der Waals surface area (Å²) in [5, 5.41) is 7.40. The van der Waals surface area contributed by atoms with Crippen LogP contribution in [-0.2, 0) is 13.0 Å². The van der Waals surface area contributed by atoms with Crippen LogP contribution in [0.2, 0.25) is 0 Å². The third kappa shape index (κ3) is 2.23. The van der Waals surface area contributed by atoms with Gasteiger partial charge in [0.05, 0.1) is 0 Å². The van der Waals surface area contributed by atoms with E-state index in [0.29, 0.717) is 6.04 Å². The summed E-state index contributed by atoms with van der Waals surface area (Å²) < 4.78 is 0. The summed E-state index contributed by atoms with van der Waals surface area (Å²) in [6.45, 7) is 4.75. The maximum absolute atomic E-state index is 3.85. The van der Waals surface area contributed by atoms with Gasteiger partial charge in [-0.3, -0.25) is 4.90 Å². The molecule has 3 aliphatic heterocycles. The summed E-state index contributed by atoms with van der Waals surface area (Å²) in [6.07, 6.45) is 6.72. The van der Waals surface area contributed by atoms with Gasteiger partial charge in [0.15, 0.2) is 0 Å². The maximum Gasteiger partial charge on any atom is 0.0419 e. The van der Waals surface area contributed by atoms with E-state index >= 15 is 0 Å². The fourth-order valence-corrected chi connectivity index (χ4v) is 4.28. The number of rotatable bonds is 3. The highest BCUT2D eigenvalue weighted by Crippen LogP contribution is 2.29. The van der Waals surface area contributed by atoms with Gasteiger partial charge < -0.3 is 10.6 Å². The van der Waals surface area contributed by atoms with Crippen molar-refractivity contribution < 1.29 is 0 Å². The molecule has 3 aliphatic rings. The summed E-state index contributed by atoms with van der Waals surface area (Å²) in [5.74, 6) is 0. The van der Waals surface area contributed by atoms with Crippen molar-refractivity contribution >= 4 is 5.69 Å². The molecular weight excluding hydrogens is 246 g/mol. The second-order valence-corrected chi connectivity index (χ2v) is 6.50. The van der Waals surface area contributed by atoms with E-state index in [0.717, 1.165) is 19.1 Å². The van der Waals surface area contributed by atoms with Crippen molar-refractivity contribution in [3.8, 4) is 0 Å². The molecule has 3 nitrogen and oxygen atoms in total. The average Bonchev–Trinajstić information content (AvgIpc) is 3.12. The number of benzene rings is 1. The van der Waals surface area contributed by atoms with E-state index in [9.17, 15) is 0 Å². The van der Waals surface area contributed by atoms with Crippen molar-refractivity contribution in [2.45, 2.75) is 50.7 Å². The van der Waals surface area contributed by atoms with E-state index < -0.39 is 0 Å². The van der Waals surface area contributed by atoms with Crippen molar-refractivity contribution in [3.63, 3.8) is 0 Å². The Morgan fingerprint density at radius 3 is 3.20 bits per heavy atom. The van der Waals surface area contributed by atoms with Gasteiger partial charge in [0, 0.05) is 37.4 Å². The molecule has 1 aromatic rings. The second kappa shape index (κ2) is 5.38. The second-order valence-electron chi connectivity index (χ2n) is 6.50. The predicted molar refractivity (Wildman–Crippen MR) is 83.1 cm³/mol. The molecular formula is C17H25N3. The van der Waals surface area contributed by atoms with Gasteiger partial charge in [-0.05, 0) is 43.4 Å². The Morgan fingerprint density at radius 2 is 2.20 bits per heavy atom. The molecule has 108 valence electrons. The average molecular weight is 271 g/mol. The van der Waals surface area contributed by atoms with E-state index in [1.54, 1.807) is 0 Å². The molecule has 1 aromatic carbocycles. The van der Waals surface area contributed by atoms with Crippen LogP contribution in [0.3, 0.4) is 0 Å². The van der Waals surface area contributed by atoms with Gasteiger partial charge in [0.2, 0.25) is 0 Å². The first-order valence-electron chi connectivity index (χ1n) is 8.24. The molecule has 0 saturated carbocycles. The van der Waals surface area contributed by atoms with Crippen molar-refractivity contribution in [3.05, 3.63) is 29.3 Å². The molecule has 0 spiro atoms.